The fourth-order valence-electron chi connectivity index (χ4n) is 4.16. The molecule has 3 aromatic rings. The third-order valence-corrected chi connectivity index (χ3v) is 6.05. The Bertz CT molecular complexity index is 1100. The van der Waals surface area contributed by atoms with Crippen molar-refractivity contribution < 1.29 is 39.7 Å². The average molecular weight is 459 g/mol. The lowest BCUT2D eigenvalue weighted by atomic mass is 9.95. The van der Waals surface area contributed by atoms with Crippen molar-refractivity contribution in [3.8, 4) is 11.5 Å². The molecule has 0 unspecified atom stereocenters. The Morgan fingerprint density at radius 3 is 2.48 bits per heavy atom. The van der Waals surface area contributed by atoms with Gasteiger partial charge in [-0.3, -0.25) is 0 Å². The highest BCUT2D eigenvalue weighted by atomic mass is 16.7. The van der Waals surface area contributed by atoms with E-state index >= 15 is 0 Å². The number of ether oxygens (including phenoxy) is 3. The molecule has 9 heteroatoms. The molecule has 0 saturated carbocycles. The molecule has 9 nitrogen and oxygen atoms in total. The summed E-state index contributed by atoms with van der Waals surface area (Å²) >= 11 is 0. The highest BCUT2D eigenvalue weighted by molar-refractivity contribution is 5.90. The number of fused-ring (bicyclic) bond motifs is 1. The van der Waals surface area contributed by atoms with Crippen molar-refractivity contribution in [2.75, 3.05) is 13.7 Å². The number of aliphatic hydroxyl groups excluding tert-OH is 4. The van der Waals surface area contributed by atoms with Gasteiger partial charge in [-0.05, 0) is 60.7 Å². The number of rotatable bonds is 7. The van der Waals surface area contributed by atoms with Gasteiger partial charge in [-0.2, -0.15) is 0 Å². The number of aromatic amines is 1. The number of aliphatic hydroxyl groups is 5. The van der Waals surface area contributed by atoms with E-state index in [1.165, 1.54) is 0 Å². The van der Waals surface area contributed by atoms with Crippen LogP contribution in [-0.4, -0.2) is 74.6 Å². The molecule has 0 amide bonds. The number of benzene rings is 2. The zero-order chi connectivity index (χ0) is 23.8. The number of aromatic nitrogens is 1. The van der Waals surface area contributed by atoms with E-state index in [1.54, 1.807) is 13.2 Å². The minimum Gasteiger partial charge on any atom is -0.497 e. The summed E-state index contributed by atoms with van der Waals surface area (Å²) in [6.07, 6.45) is -3.60. The molecule has 0 bridgehead atoms. The van der Waals surface area contributed by atoms with Gasteiger partial charge in [0.15, 0.2) is 6.10 Å². The van der Waals surface area contributed by atoms with Crippen LogP contribution in [0.5, 0.6) is 11.5 Å². The van der Waals surface area contributed by atoms with Gasteiger partial charge in [0, 0.05) is 17.1 Å². The molecule has 1 aliphatic rings. The predicted molar refractivity (Wildman–Crippen MR) is 119 cm³/mol. The molecule has 1 aromatic heterocycles. The van der Waals surface area contributed by atoms with Gasteiger partial charge in [0.25, 0.3) is 5.79 Å². The molecular formula is C24H29NO8. The summed E-state index contributed by atoms with van der Waals surface area (Å²) in [5.41, 5.74) is 3.60. The lowest BCUT2D eigenvalue weighted by molar-refractivity contribution is -0.385. The summed E-state index contributed by atoms with van der Waals surface area (Å²) in [5, 5.41) is 52.0. The fraction of sp³-hybridized carbons (Fsp3) is 0.417. The van der Waals surface area contributed by atoms with E-state index < -0.39 is 37.0 Å². The number of aryl methyl sites for hydroxylation is 3. The second-order valence-electron chi connectivity index (χ2n) is 8.35. The Labute approximate surface area is 190 Å². The molecular weight excluding hydrogens is 430 g/mol. The minimum absolute atomic E-state index is 0.217. The van der Waals surface area contributed by atoms with Crippen LogP contribution in [0.3, 0.4) is 0 Å². The van der Waals surface area contributed by atoms with Gasteiger partial charge in [-0.15, -0.1) is 0 Å². The van der Waals surface area contributed by atoms with Crippen molar-refractivity contribution in [2.45, 2.75) is 50.2 Å². The third-order valence-electron chi connectivity index (χ3n) is 6.05. The molecule has 0 aliphatic carbocycles. The molecule has 5 atom stereocenters. The molecule has 178 valence electrons. The van der Waals surface area contributed by atoms with E-state index in [0.717, 1.165) is 34.4 Å². The van der Waals surface area contributed by atoms with Crippen molar-refractivity contribution >= 4 is 10.9 Å². The fourth-order valence-corrected chi connectivity index (χ4v) is 4.16. The summed E-state index contributed by atoms with van der Waals surface area (Å²) in [4.78, 5) is 3.20. The van der Waals surface area contributed by atoms with Gasteiger partial charge in [-0.1, -0.05) is 12.1 Å². The first kappa shape index (κ1) is 23.5. The van der Waals surface area contributed by atoms with E-state index in [-0.39, 0.29) is 5.75 Å². The zero-order valence-corrected chi connectivity index (χ0v) is 18.4. The maximum Gasteiger partial charge on any atom is 0.288 e. The minimum atomic E-state index is -2.64. The van der Waals surface area contributed by atoms with Crippen molar-refractivity contribution in [3.63, 3.8) is 0 Å². The Kier molecular flexibility index (Phi) is 6.62. The highest BCUT2D eigenvalue weighted by Gasteiger charge is 2.57. The maximum atomic E-state index is 11.0. The Balaban J connectivity index is 1.64. The van der Waals surface area contributed by atoms with Crippen LogP contribution >= 0.6 is 0 Å². The van der Waals surface area contributed by atoms with E-state index in [4.69, 9.17) is 14.2 Å². The Morgan fingerprint density at radius 2 is 1.82 bits per heavy atom. The third kappa shape index (κ3) is 4.43. The largest absolute Gasteiger partial charge is 0.497 e. The monoisotopic (exact) mass is 459 g/mol. The highest BCUT2D eigenvalue weighted by Crippen LogP contribution is 2.37. The molecule has 33 heavy (non-hydrogen) atoms. The quantitative estimate of drug-likeness (QED) is 0.284. The Hall–Kier alpha value is -2.66. The van der Waals surface area contributed by atoms with Gasteiger partial charge < -0.3 is 44.7 Å². The first-order chi connectivity index (χ1) is 15.8. The molecule has 4 rings (SSSR count). The molecule has 2 aromatic carbocycles. The molecule has 2 heterocycles. The van der Waals surface area contributed by atoms with Crippen LogP contribution in [-0.2, 0) is 17.6 Å². The van der Waals surface area contributed by atoms with Crippen LogP contribution in [0, 0.1) is 6.92 Å². The number of hydrogen-bond acceptors (Lipinski definition) is 8. The number of H-pyrrole nitrogens is 1. The standard InChI is InChI=1S/C24H29NO8/c1-13-9-17-20(15(11-25-17)6-3-14-4-7-16(31-2)8-5-14)18(10-13)33-24(30)22(28)21(27)19(12-26)32-23(24)29/h4-5,7-11,19,21-23,25-30H,3,6,12H2,1-2H3/t19-,21-,22+,23+,24+/m1/s1. The first-order valence-electron chi connectivity index (χ1n) is 10.7. The Morgan fingerprint density at radius 1 is 1.09 bits per heavy atom. The van der Waals surface area contributed by atoms with Crippen LogP contribution in [0.25, 0.3) is 10.9 Å². The zero-order valence-electron chi connectivity index (χ0n) is 18.4. The van der Waals surface area contributed by atoms with Gasteiger partial charge in [0.05, 0.1) is 13.7 Å². The molecule has 6 N–H and O–H groups in total. The van der Waals surface area contributed by atoms with Crippen LogP contribution in [0.1, 0.15) is 16.7 Å². The summed E-state index contributed by atoms with van der Waals surface area (Å²) in [7, 11) is 1.62. The molecule has 1 fully saturated rings. The van der Waals surface area contributed by atoms with Crippen molar-refractivity contribution in [1.82, 2.24) is 4.98 Å². The van der Waals surface area contributed by atoms with Crippen molar-refractivity contribution in [1.29, 1.82) is 0 Å². The average Bonchev–Trinajstić information content (AvgIpc) is 3.22. The molecule has 1 aliphatic heterocycles. The van der Waals surface area contributed by atoms with Crippen LogP contribution < -0.4 is 9.47 Å². The number of nitrogens with one attached hydrogen (secondary N) is 1. The van der Waals surface area contributed by atoms with E-state index in [1.807, 2.05) is 43.5 Å². The molecule has 0 radical (unpaired) electrons. The van der Waals surface area contributed by atoms with Crippen LogP contribution in [0.2, 0.25) is 0 Å². The van der Waals surface area contributed by atoms with Crippen molar-refractivity contribution in [2.24, 2.45) is 0 Å². The maximum absolute atomic E-state index is 11.0. The first-order valence-corrected chi connectivity index (χ1v) is 10.7. The smallest absolute Gasteiger partial charge is 0.288 e. The predicted octanol–water partition coefficient (Wildman–Crippen LogP) is 0.769. The second kappa shape index (κ2) is 9.30. The van der Waals surface area contributed by atoms with Crippen LogP contribution in [0.15, 0.2) is 42.6 Å². The van der Waals surface area contributed by atoms with E-state index in [9.17, 15) is 25.5 Å². The normalized spacial score (nSPS) is 27.6. The summed E-state index contributed by atoms with van der Waals surface area (Å²) in [5.74, 6) is -1.64. The topological polar surface area (TPSA) is 145 Å². The van der Waals surface area contributed by atoms with Gasteiger partial charge in [0.1, 0.15) is 23.7 Å². The number of methoxy groups -OCH3 is 1. The summed E-state index contributed by atoms with van der Waals surface area (Å²) in [6, 6.07) is 11.4. The van der Waals surface area contributed by atoms with E-state index in [2.05, 4.69) is 4.98 Å². The summed E-state index contributed by atoms with van der Waals surface area (Å²) < 4.78 is 16.0. The SMILES string of the molecule is COc1ccc(CCc2c[nH]c3cc(C)cc(O[C@]4(O)[C@@H](O)O[C@H](CO)[C@@H](O)[C@@H]4O)c23)cc1. The second-order valence-corrected chi connectivity index (χ2v) is 8.35. The molecule has 1 saturated heterocycles. The van der Waals surface area contributed by atoms with E-state index in [0.29, 0.717) is 11.8 Å². The molecule has 0 spiro atoms. The number of hydrogen-bond donors (Lipinski definition) is 6. The summed E-state index contributed by atoms with van der Waals surface area (Å²) in [6.45, 7) is 1.20. The van der Waals surface area contributed by atoms with Gasteiger partial charge in [-0.25, -0.2) is 0 Å². The van der Waals surface area contributed by atoms with Crippen LogP contribution in [0.4, 0.5) is 0 Å². The lowest BCUT2D eigenvalue weighted by Gasteiger charge is -2.45. The van der Waals surface area contributed by atoms with Gasteiger partial charge >= 0.3 is 0 Å². The van der Waals surface area contributed by atoms with Crippen molar-refractivity contribution in [3.05, 3.63) is 59.3 Å². The lowest BCUT2D eigenvalue weighted by Crippen LogP contribution is -2.69. The van der Waals surface area contributed by atoms with Gasteiger partial charge in [0.2, 0.25) is 6.29 Å².